The van der Waals surface area contributed by atoms with Gasteiger partial charge in [0.05, 0.1) is 27.2 Å². The third-order valence-electron chi connectivity index (χ3n) is 5.65. The summed E-state index contributed by atoms with van der Waals surface area (Å²) in [4.78, 5) is 31.9. The van der Waals surface area contributed by atoms with Crippen molar-refractivity contribution >= 4 is 63.2 Å². The van der Waals surface area contributed by atoms with Crippen molar-refractivity contribution in [3.63, 3.8) is 0 Å². The number of fused-ring (bicyclic) bond motifs is 1. The van der Waals surface area contributed by atoms with Crippen LogP contribution in [0.25, 0.3) is 22.0 Å². The van der Waals surface area contributed by atoms with Crippen LogP contribution in [0.3, 0.4) is 0 Å². The number of thioether (sulfide) groups is 1. The summed E-state index contributed by atoms with van der Waals surface area (Å²) in [6, 6.07) is 19.9. The third kappa shape index (κ3) is 4.49. The Hall–Kier alpha value is -3.06. The van der Waals surface area contributed by atoms with Crippen LogP contribution in [0.15, 0.2) is 72.9 Å². The second-order valence-electron chi connectivity index (χ2n) is 7.83. The summed E-state index contributed by atoms with van der Waals surface area (Å²) in [5, 5.41) is 5.65. The Balaban J connectivity index is 1.41. The number of benzene rings is 3. The van der Waals surface area contributed by atoms with Crippen LogP contribution in [0.1, 0.15) is 20.7 Å². The van der Waals surface area contributed by atoms with E-state index < -0.39 is 0 Å². The van der Waals surface area contributed by atoms with Gasteiger partial charge in [-0.3, -0.25) is 14.6 Å². The van der Waals surface area contributed by atoms with Gasteiger partial charge in [0.2, 0.25) is 0 Å². The van der Waals surface area contributed by atoms with Crippen molar-refractivity contribution in [2.45, 2.75) is 0 Å². The number of pyridine rings is 1. The minimum absolute atomic E-state index is 0.0798. The quantitative estimate of drug-likeness (QED) is 0.337. The number of anilines is 1. The minimum Gasteiger partial charge on any atom is -0.329 e. The van der Waals surface area contributed by atoms with Gasteiger partial charge in [0, 0.05) is 40.7 Å². The fourth-order valence-corrected chi connectivity index (χ4v) is 5.33. The van der Waals surface area contributed by atoms with Crippen molar-refractivity contribution in [3.05, 3.63) is 94.1 Å². The average Bonchev–Trinajstić information content (AvgIpc) is 3.39. The number of carbonyl (C=O) groups excluding carboxylic acids is 2. The predicted molar refractivity (Wildman–Crippen MR) is 140 cm³/mol. The standard InChI is InChI=1S/C26H19Cl2N3O2S/c27-22-8-6-18(14-21(22)24-19-4-2-1-3-16(19)9-10-29-24)30-25(32)20-7-5-17(13-23(20)28)26(33)31-11-12-34-15-31/h1-10,13-14H,11-12,15H2,(H,30,32). The maximum absolute atomic E-state index is 13.0. The molecule has 3 aromatic carbocycles. The Labute approximate surface area is 211 Å². The van der Waals surface area contributed by atoms with Gasteiger partial charge in [-0.1, -0.05) is 47.5 Å². The van der Waals surface area contributed by atoms with Crippen LogP contribution in [-0.4, -0.2) is 39.9 Å². The molecule has 8 heteroatoms. The number of nitrogens with zero attached hydrogens (tertiary/aromatic N) is 2. The molecular weight excluding hydrogens is 489 g/mol. The van der Waals surface area contributed by atoms with Crippen molar-refractivity contribution in [2.24, 2.45) is 0 Å². The van der Waals surface area contributed by atoms with Crippen molar-refractivity contribution in [2.75, 3.05) is 23.5 Å². The van der Waals surface area contributed by atoms with Crippen molar-refractivity contribution in [3.8, 4) is 11.3 Å². The van der Waals surface area contributed by atoms with E-state index in [0.29, 0.717) is 34.3 Å². The molecule has 1 aliphatic heterocycles. The molecule has 0 atom stereocenters. The van der Waals surface area contributed by atoms with E-state index in [1.807, 2.05) is 30.3 Å². The Morgan fingerprint density at radius 3 is 2.62 bits per heavy atom. The number of rotatable bonds is 4. The van der Waals surface area contributed by atoms with Crippen LogP contribution in [0.5, 0.6) is 0 Å². The zero-order valence-corrected chi connectivity index (χ0v) is 20.3. The highest BCUT2D eigenvalue weighted by Gasteiger charge is 2.21. The number of carbonyl (C=O) groups is 2. The molecule has 0 radical (unpaired) electrons. The first-order valence-electron chi connectivity index (χ1n) is 10.6. The Kier molecular flexibility index (Phi) is 6.46. The molecule has 2 heterocycles. The largest absolute Gasteiger partial charge is 0.329 e. The molecule has 1 fully saturated rings. The fourth-order valence-electron chi connectivity index (χ4n) is 3.91. The van der Waals surface area contributed by atoms with Crippen LogP contribution in [0, 0.1) is 0 Å². The Bertz CT molecular complexity index is 1420. The van der Waals surface area contributed by atoms with Gasteiger partial charge < -0.3 is 10.2 Å². The molecule has 0 spiro atoms. The summed E-state index contributed by atoms with van der Waals surface area (Å²) >= 11 is 14.6. The predicted octanol–water partition coefficient (Wildman–Crippen LogP) is 6.61. The summed E-state index contributed by atoms with van der Waals surface area (Å²) in [5.41, 5.74) is 2.77. The maximum atomic E-state index is 13.0. The lowest BCUT2D eigenvalue weighted by Crippen LogP contribution is -2.27. The smallest absolute Gasteiger partial charge is 0.257 e. The van der Waals surface area contributed by atoms with E-state index in [1.165, 1.54) is 0 Å². The number of nitrogens with one attached hydrogen (secondary N) is 1. The monoisotopic (exact) mass is 507 g/mol. The highest BCUT2D eigenvalue weighted by Crippen LogP contribution is 2.34. The molecule has 0 bridgehead atoms. The normalized spacial score (nSPS) is 13.3. The lowest BCUT2D eigenvalue weighted by molar-refractivity contribution is 0.0802. The number of hydrogen-bond acceptors (Lipinski definition) is 4. The zero-order valence-electron chi connectivity index (χ0n) is 17.9. The summed E-state index contributed by atoms with van der Waals surface area (Å²) in [7, 11) is 0. The molecule has 4 aromatic rings. The van der Waals surface area contributed by atoms with Crippen LogP contribution in [0.2, 0.25) is 10.0 Å². The van der Waals surface area contributed by atoms with Crippen molar-refractivity contribution in [1.29, 1.82) is 0 Å². The van der Waals surface area contributed by atoms with E-state index in [2.05, 4.69) is 10.3 Å². The first kappa shape index (κ1) is 22.7. The minimum atomic E-state index is -0.375. The van der Waals surface area contributed by atoms with Gasteiger partial charge in [0.25, 0.3) is 11.8 Å². The van der Waals surface area contributed by atoms with Gasteiger partial charge in [-0.05, 0) is 47.9 Å². The highest BCUT2D eigenvalue weighted by atomic mass is 35.5. The molecule has 34 heavy (non-hydrogen) atoms. The third-order valence-corrected chi connectivity index (χ3v) is 7.26. The SMILES string of the molecule is O=C(Nc1ccc(Cl)c(-c2nccc3ccccc23)c1)c1ccc(C(=O)N2CCSC2)cc1Cl. The maximum Gasteiger partial charge on any atom is 0.257 e. The van der Waals surface area contributed by atoms with E-state index in [0.717, 1.165) is 22.2 Å². The molecule has 0 aliphatic carbocycles. The van der Waals surface area contributed by atoms with Gasteiger partial charge in [0.1, 0.15) is 0 Å². The van der Waals surface area contributed by atoms with Crippen LogP contribution >= 0.6 is 35.0 Å². The molecule has 1 saturated heterocycles. The fraction of sp³-hybridized carbons (Fsp3) is 0.115. The van der Waals surface area contributed by atoms with Gasteiger partial charge in [-0.25, -0.2) is 0 Å². The van der Waals surface area contributed by atoms with Crippen molar-refractivity contribution in [1.82, 2.24) is 9.88 Å². The van der Waals surface area contributed by atoms with E-state index in [4.69, 9.17) is 23.2 Å². The molecule has 5 nitrogen and oxygen atoms in total. The highest BCUT2D eigenvalue weighted by molar-refractivity contribution is 7.99. The van der Waals surface area contributed by atoms with Crippen molar-refractivity contribution < 1.29 is 9.59 Å². The average molecular weight is 508 g/mol. The summed E-state index contributed by atoms with van der Waals surface area (Å²) < 4.78 is 0. The Morgan fingerprint density at radius 1 is 0.971 bits per heavy atom. The number of aromatic nitrogens is 1. The summed E-state index contributed by atoms with van der Waals surface area (Å²) in [6.45, 7) is 0.716. The molecule has 2 amide bonds. The van der Waals surface area contributed by atoms with Crippen LogP contribution in [-0.2, 0) is 0 Å². The molecule has 1 aliphatic rings. The Morgan fingerprint density at radius 2 is 1.82 bits per heavy atom. The molecule has 5 rings (SSSR count). The second kappa shape index (κ2) is 9.66. The topological polar surface area (TPSA) is 62.3 Å². The lowest BCUT2D eigenvalue weighted by Gasteiger charge is -2.15. The first-order chi connectivity index (χ1) is 16.5. The molecule has 1 N–H and O–H groups in total. The summed E-state index contributed by atoms with van der Waals surface area (Å²) in [6.07, 6.45) is 1.74. The first-order valence-corrected chi connectivity index (χ1v) is 12.5. The van der Waals surface area contributed by atoms with E-state index >= 15 is 0 Å². The van der Waals surface area contributed by atoms with E-state index in [1.54, 1.807) is 59.3 Å². The number of amides is 2. The second-order valence-corrected chi connectivity index (χ2v) is 9.72. The van der Waals surface area contributed by atoms with Gasteiger partial charge >= 0.3 is 0 Å². The van der Waals surface area contributed by atoms with E-state index in [-0.39, 0.29) is 22.4 Å². The summed E-state index contributed by atoms with van der Waals surface area (Å²) in [5.74, 6) is 1.14. The van der Waals surface area contributed by atoms with E-state index in [9.17, 15) is 9.59 Å². The lowest BCUT2D eigenvalue weighted by atomic mass is 10.0. The molecule has 0 saturated carbocycles. The number of halogens is 2. The molecular formula is C26H19Cl2N3O2S. The van der Waals surface area contributed by atoms with Gasteiger partial charge in [-0.15, -0.1) is 11.8 Å². The van der Waals surface area contributed by atoms with Gasteiger partial charge in [0.15, 0.2) is 0 Å². The van der Waals surface area contributed by atoms with Crippen LogP contribution < -0.4 is 5.32 Å². The van der Waals surface area contributed by atoms with Crippen LogP contribution in [0.4, 0.5) is 5.69 Å². The molecule has 1 aromatic heterocycles. The van der Waals surface area contributed by atoms with Gasteiger partial charge in [-0.2, -0.15) is 0 Å². The number of hydrogen-bond donors (Lipinski definition) is 1. The molecule has 170 valence electrons. The molecule has 0 unspecified atom stereocenters. The zero-order chi connectivity index (χ0) is 23.7.